The molecular formula is C20H34O2. The van der Waals surface area contributed by atoms with Crippen LogP contribution in [-0.2, 0) is 4.79 Å². The number of carbonyl (C=O) groups is 1. The van der Waals surface area contributed by atoms with E-state index < -0.39 is 5.97 Å². The van der Waals surface area contributed by atoms with Crippen molar-refractivity contribution in [3.05, 3.63) is 36.5 Å². The fraction of sp³-hybridized carbons (Fsp3) is 0.650. The summed E-state index contributed by atoms with van der Waals surface area (Å²) in [7, 11) is 0. The van der Waals surface area contributed by atoms with E-state index in [0.717, 1.165) is 32.1 Å². The van der Waals surface area contributed by atoms with Crippen LogP contribution in [-0.4, -0.2) is 11.1 Å². The van der Waals surface area contributed by atoms with Crippen LogP contribution >= 0.6 is 0 Å². The predicted molar refractivity (Wildman–Crippen MR) is 96.1 cm³/mol. The lowest BCUT2D eigenvalue weighted by Gasteiger charge is -1.94. The maximum atomic E-state index is 10.3. The van der Waals surface area contributed by atoms with E-state index in [1.54, 1.807) is 0 Å². The zero-order chi connectivity index (χ0) is 16.3. The Bertz CT molecular complexity index is 327. The third-order valence-electron chi connectivity index (χ3n) is 3.50. The molecule has 0 aromatic carbocycles. The van der Waals surface area contributed by atoms with Crippen molar-refractivity contribution in [2.75, 3.05) is 0 Å². The third kappa shape index (κ3) is 18.7. The number of allylic oxidation sites excluding steroid dienone is 6. The second kappa shape index (κ2) is 17.7. The molecule has 0 unspecified atom stereocenters. The molecule has 0 atom stereocenters. The standard InChI is InChI=1S/C20H34O2/c1-2-3-4-5-6-7-8-9-10-11-12-13-14-15-16-17-18-19-20(21)22/h6-7,9-10,15-16H,2-5,8,11-14,17-19H2,1H3,(H,21,22)/b7-6+,10-9+,16-15+. The van der Waals surface area contributed by atoms with Gasteiger partial charge in [-0.3, -0.25) is 4.79 Å². The number of unbranched alkanes of at least 4 members (excludes halogenated alkanes) is 7. The fourth-order valence-electron chi connectivity index (χ4n) is 2.15. The molecule has 0 heterocycles. The first-order valence-electron chi connectivity index (χ1n) is 8.94. The Morgan fingerprint density at radius 1 is 0.727 bits per heavy atom. The van der Waals surface area contributed by atoms with E-state index in [4.69, 9.17) is 5.11 Å². The highest BCUT2D eigenvalue weighted by atomic mass is 16.4. The summed E-state index contributed by atoms with van der Waals surface area (Å²) in [5.41, 5.74) is 0. The van der Waals surface area contributed by atoms with Crippen LogP contribution in [0, 0.1) is 0 Å². The summed E-state index contributed by atoms with van der Waals surface area (Å²) in [6, 6.07) is 0. The molecule has 0 aromatic heterocycles. The molecule has 2 heteroatoms. The van der Waals surface area contributed by atoms with Crippen LogP contribution in [0.3, 0.4) is 0 Å². The summed E-state index contributed by atoms with van der Waals surface area (Å²) < 4.78 is 0. The van der Waals surface area contributed by atoms with Crippen molar-refractivity contribution in [1.29, 1.82) is 0 Å². The lowest BCUT2D eigenvalue weighted by atomic mass is 10.1. The van der Waals surface area contributed by atoms with Crippen molar-refractivity contribution >= 4 is 5.97 Å². The minimum atomic E-state index is -0.698. The van der Waals surface area contributed by atoms with E-state index in [0.29, 0.717) is 0 Å². The zero-order valence-corrected chi connectivity index (χ0v) is 14.3. The van der Waals surface area contributed by atoms with Gasteiger partial charge in [-0.05, 0) is 57.8 Å². The molecule has 0 saturated heterocycles. The van der Waals surface area contributed by atoms with Crippen LogP contribution in [0.25, 0.3) is 0 Å². The van der Waals surface area contributed by atoms with Crippen molar-refractivity contribution in [2.24, 2.45) is 0 Å². The first-order valence-corrected chi connectivity index (χ1v) is 8.94. The van der Waals surface area contributed by atoms with Crippen molar-refractivity contribution in [1.82, 2.24) is 0 Å². The molecule has 126 valence electrons. The molecule has 0 radical (unpaired) electrons. The van der Waals surface area contributed by atoms with E-state index in [1.165, 1.54) is 38.5 Å². The second-order valence-corrected chi connectivity index (χ2v) is 5.72. The molecule has 0 bridgehead atoms. The zero-order valence-electron chi connectivity index (χ0n) is 14.3. The lowest BCUT2D eigenvalue weighted by molar-refractivity contribution is -0.137. The molecule has 2 nitrogen and oxygen atoms in total. The second-order valence-electron chi connectivity index (χ2n) is 5.72. The first kappa shape index (κ1) is 20.7. The number of hydrogen-bond acceptors (Lipinski definition) is 1. The summed E-state index contributed by atoms with van der Waals surface area (Å²) >= 11 is 0. The van der Waals surface area contributed by atoms with Gasteiger partial charge in [0.1, 0.15) is 0 Å². The Labute approximate surface area is 137 Å². The van der Waals surface area contributed by atoms with Gasteiger partial charge in [0.25, 0.3) is 0 Å². The van der Waals surface area contributed by atoms with Crippen molar-refractivity contribution in [3.8, 4) is 0 Å². The summed E-state index contributed by atoms with van der Waals surface area (Å²) in [5.74, 6) is -0.698. The van der Waals surface area contributed by atoms with Gasteiger partial charge in [-0.2, -0.15) is 0 Å². The van der Waals surface area contributed by atoms with Crippen LogP contribution in [0.2, 0.25) is 0 Å². The predicted octanol–water partition coefficient (Wildman–Crippen LogP) is 6.44. The van der Waals surface area contributed by atoms with Gasteiger partial charge in [-0.25, -0.2) is 0 Å². The normalized spacial score (nSPS) is 12.0. The molecule has 0 aliphatic heterocycles. The topological polar surface area (TPSA) is 37.3 Å². The van der Waals surface area contributed by atoms with Crippen LogP contribution in [0.5, 0.6) is 0 Å². The quantitative estimate of drug-likeness (QED) is 0.279. The van der Waals surface area contributed by atoms with E-state index in [2.05, 4.69) is 43.4 Å². The molecule has 0 saturated carbocycles. The molecule has 1 N–H and O–H groups in total. The molecule has 0 aliphatic carbocycles. The van der Waals surface area contributed by atoms with E-state index in [9.17, 15) is 4.79 Å². The average molecular weight is 306 g/mol. The van der Waals surface area contributed by atoms with Gasteiger partial charge in [-0.1, -0.05) is 56.2 Å². The maximum Gasteiger partial charge on any atom is 0.303 e. The van der Waals surface area contributed by atoms with Crippen LogP contribution in [0.4, 0.5) is 0 Å². The number of aliphatic carboxylic acids is 1. The number of carboxylic acid groups (broad SMARTS) is 1. The fourth-order valence-corrected chi connectivity index (χ4v) is 2.15. The van der Waals surface area contributed by atoms with Gasteiger partial charge < -0.3 is 5.11 Å². The Balaban J connectivity index is 3.26. The van der Waals surface area contributed by atoms with E-state index in [1.807, 2.05) is 0 Å². The summed E-state index contributed by atoms with van der Waals surface area (Å²) in [5, 5.41) is 8.50. The highest BCUT2D eigenvalue weighted by Crippen LogP contribution is 2.05. The largest absolute Gasteiger partial charge is 0.481 e. The minimum Gasteiger partial charge on any atom is -0.481 e. The van der Waals surface area contributed by atoms with Gasteiger partial charge in [0.15, 0.2) is 0 Å². The van der Waals surface area contributed by atoms with Crippen molar-refractivity contribution in [3.63, 3.8) is 0 Å². The molecule has 0 rings (SSSR count). The summed E-state index contributed by atoms with van der Waals surface area (Å²) in [6.45, 7) is 2.24. The number of rotatable bonds is 15. The summed E-state index contributed by atoms with van der Waals surface area (Å²) in [4.78, 5) is 10.3. The van der Waals surface area contributed by atoms with Crippen LogP contribution < -0.4 is 0 Å². The highest BCUT2D eigenvalue weighted by molar-refractivity contribution is 5.66. The number of carboxylic acids is 1. The molecule has 22 heavy (non-hydrogen) atoms. The molecule has 0 spiro atoms. The highest BCUT2D eigenvalue weighted by Gasteiger charge is 1.93. The Kier molecular flexibility index (Phi) is 16.7. The van der Waals surface area contributed by atoms with Crippen LogP contribution in [0.1, 0.15) is 84.0 Å². The SMILES string of the molecule is CCCCC/C=C/C/C=C/CCCC/C=C/CCCC(=O)O. The van der Waals surface area contributed by atoms with Gasteiger partial charge in [0, 0.05) is 6.42 Å². The van der Waals surface area contributed by atoms with Gasteiger partial charge in [-0.15, -0.1) is 0 Å². The van der Waals surface area contributed by atoms with Crippen LogP contribution in [0.15, 0.2) is 36.5 Å². The third-order valence-corrected chi connectivity index (χ3v) is 3.50. The Morgan fingerprint density at radius 3 is 1.68 bits per heavy atom. The molecule has 0 fully saturated rings. The lowest BCUT2D eigenvalue weighted by Crippen LogP contribution is -1.92. The smallest absolute Gasteiger partial charge is 0.303 e. The molecule has 0 amide bonds. The minimum absolute atomic E-state index is 0.280. The van der Waals surface area contributed by atoms with E-state index >= 15 is 0 Å². The molecular weight excluding hydrogens is 272 g/mol. The maximum absolute atomic E-state index is 10.3. The van der Waals surface area contributed by atoms with Gasteiger partial charge in [0.2, 0.25) is 0 Å². The van der Waals surface area contributed by atoms with Gasteiger partial charge >= 0.3 is 5.97 Å². The Hall–Kier alpha value is -1.31. The van der Waals surface area contributed by atoms with E-state index in [-0.39, 0.29) is 6.42 Å². The molecule has 0 aliphatic rings. The Morgan fingerprint density at radius 2 is 1.18 bits per heavy atom. The van der Waals surface area contributed by atoms with Crippen molar-refractivity contribution in [2.45, 2.75) is 84.0 Å². The van der Waals surface area contributed by atoms with Gasteiger partial charge in [0.05, 0.1) is 0 Å². The monoisotopic (exact) mass is 306 g/mol. The first-order chi connectivity index (χ1) is 10.8. The van der Waals surface area contributed by atoms with Crippen molar-refractivity contribution < 1.29 is 9.90 Å². The summed E-state index contributed by atoms with van der Waals surface area (Å²) in [6.07, 6.45) is 26.3. The molecule has 0 aromatic rings. The number of hydrogen-bond donors (Lipinski definition) is 1. The average Bonchev–Trinajstić information content (AvgIpc) is 2.50.